The third kappa shape index (κ3) is 2.84. The summed E-state index contributed by atoms with van der Waals surface area (Å²) in [4.78, 5) is 5.20. The molecule has 0 aromatic rings. The number of fused-ring (bicyclic) bond motifs is 1. The highest BCUT2D eigenvalue weighted by molar-refractivity contribution is 4.94. The molecule has 3 fully saturated rings. The zero-order chi connectivity index (χ0) is 13.4. The van der Waals surface area contributed by atoms with Gasteiger partial charge in [-0.3, -0.25) is 4.90 Å². The number of likely N-dealkylation sites (tertiary alicyclic amines) is 2. The molecule has 5 atom stereocenters. The van der Waals surface area contributed by atoms with Crippen molar-refractivity contribution in [1.82, 2.24) is 9.80 Å². The van der Waals surface area contributed by atoms with Crippen LogP contribution in [0.3, 0.4) is 0 Å². The Bertz CT molecular complexity index is 309. The van der Waals surface area contributed by atoms with Crippen LogP contribution in [-0.2, 0) is 0 Å². The zero-order valence-corrected chi connectivity index (χ0v) is 12.6. The fourth-order valence-corrected chi connectivity index (χ4v) is 4.71. The van der Waals surface area contributed by atoms with Crippen LogP contribution in [0.1, 0.15) is 45.4 Å². The van der Waals surface area contributed by atoms with Crippen LogP contribution < -0.4 is 0 Å². The Hall–Kier alpha value is -0.120. The summed E-state index contributed by atoms with van der Waals surface area (Å²) in [5.74, 6) is 1.64. The summed E-state index contributed by atoms with van der Waals surface area (Å²) >= 11 is 0. The maximum Gasteiger partial charge on any atom is 0.0695 e. The molecule has 0 spiro atoms. The van der Waals surface area contributed by atoms with Crippen LogP contribution in [-0.4, -0.2) is 59.8 Å². The van der Waals surface area contributed by atoms with E-state index in [-0.39, 0.29) is 6.10 Å². The Labute approximate surface area is 118 Å². The SMILES string of the molecule is CC1CCC(O)C(N2CCC3C(CCCN3C)C2)C1. The number of aliphatic hydroxyl groups excluding tert-OH is 1. The lowest BCUT2D eigenvalue weighted by atomic mass is 9.80. The van der Waals surface area contributed by atoms with Crippen molar-refractivity contribution in [3.63, 3.8) is 0 Å². The lowest BCUT2D eigenvalue weighted by molar-refractivity contribution is -0.0395. The normalized spacial score (nSPS) is 45.9. The van der Waals surface area contributed by atoms with Crippen molar-refractivity contribution in [2.45, 2.75) is 63.6 Å². The van der Waals surface area contributed by atoms with Crippen LogP contribution in [0.5, 0.6) is 0 Å². The van der Waals surface area contributed by atoms with Gasteiger partial charge in [0.2, 0.25) is 0 Å². The van der Waals surface area contributed by atoms with Crippen molar-refractivity contribution >= 4 is 0 Å². The standard InChI is InChI=1S/C16H30N2O/c1-12-5-6-16(19)15(10-12)18-9-7-14-13(11-18)4-3-8-17(14)2/h12-16,19H,3-11H2,1-2H3. The maximum atomic E-state index is 10.3. The summed E-state index contributed by atoms with van der Waals surface area (Å²) in [5.41, 5.74) is 0. The summed E-state index contributed by atoms with van der Waals surface area (Å²) in [6.45, 7) is 6.05. The molecule has 3 heteroatoms. The van der Waals surface area contributed by atoms with Crippen LogP contribution in [0.25, 0.3) is 0 Å². The van der Waals surface area contributed by atoms with Crippen LogP contribution in [0, 0.1) is 11.8 Å². The smallest absolute Gasteiger partial charge is 0.0695 e. The summed E-state index contributed by atoms with van der Waals surface area (Å²) in [7, 11) is 2.30. The minimum absolute atomic E-state index is 0.0749. The van der Waals surface area contributed by atoms with Gasteiger partial charge in [-0.15, -0.1) is 0 Å². The molecule has 0 radical (unpaired) electrons. The van der Waals surface area contributed by atoms with Crippen LogP contribution >= 0.6 is 0 Å². The quantitative estimate of drug-likeness (QED) is 0.786. The molecule has 3 nitrogen and oxygen atoms in total. The van der Waals surface area contributed by atoms with Gasteiger partial charge in [0, 0.05) is 25.2 Å². The molecule has 2 heterocycles. The summed E-state index contributed by atoms with van der Waals surface area (Å²) in [6, 6.07) is 1.25. The molecule has 1 saturated carbocycles. The van der Waals surface area contributed by atoms with Gasteiger partial charge in [0.25, 0.3) is 0 Å². The van der Waals surface area contributed by atoms with Gasteiger partial charge in [-0.25, -0.2) is 0 Å². The molecule has 2 saturated heterocycles. The Balaban J connectivity index is 1.63. The van der Waals surface area contributed by atoms with Gasteiger partial charge in [0.15, 0.2) is 0 Å². The number of nitrogens with zero attached hydrogens (tertiary/aromatic N) is 2. The van der Waals surface area contributed by atoms with Gasteiger partial charge in [0.1, 0.15) is 0 Å². The predicted octanol–water partition coefficient (Wildman–Crippen LogP) is 1.95. The summed E-state index contributed by atoms with van der Waals surface area (Å²) < 4.78 is 0. The molecule has 0 aromatic carbocycles. The first-order chi connectivity index (χ1) is 9.15. The molecule has 110 valence electrons. The first-order valence-electron chi connectivity index (χ1n) is 8.27. The Kier molecular flexibility index (Phi) is 4.16. The van der Waals surface area contributed by atoms with Crippen molar-refractivity contribution in [2.24, 2.45) is 11.8 Å². The van der Waals surface area contributed by atoms with E-state index in [0.717, 1.165) is 24.3 Å². The van der Waals surface area contributed by atoms with Gasteiger partial charge in [-0.2, -0.15) is 0 Å². The second-order valence-corrected chi connectivity index (χ2v) is 7.29. The van der Waals surface area contributed by atoms with Crippen LogP contribution in [0.4, 0.5) is 0 Å². The van der Waals surface area contributed by atoms with Gasteiger partial charge in [-0.1, -0.05) is 6.92 Å². The largest absolute Gasteiger partial charge is 0.391 e. The van der Waals surface area contributed by atoms with E-state index in [1.807, 2.05) is 0 Å². The van der Waals surface area contributed by atoms with Crippen LogP contribution in [0.2, 0.25) is 0 Å². The number of hydrogen-bond donors (Lipinski definition) is 1. The van der Waals surface area contributed by atoms with Crippen molar-refractivity contribution in [2.75, 3.05) is 26.7 Å². The topological polar surface area (TPSA) is 26.7 Å². The lowest BCUT2D eigenvalue weighted by Gasteiger charge is -2.50. The Morgan fingerprint density at radius 2 is 1.84 bits per heavy atom. The Morgan fingerprint density at radius 1 is 1.00 bits per heavy atom. The Morgan fingerprint density at radius 3 is 2.68 bits per heavy atom. The van der Waals surface area contributed by atoms with Crippen molar-refractivity contribution in [1.29, 1.82) is 0 Å². The highest BCUT2D eigenvalue weighted by Gasteiger charge is 2.39. The van der Waals surface area contributed by atoms with E-state index >= 15 is 0 Å². The maximum absolute atomic E-state index is 10.3. The molecular weight excluding hydrogens is 236 g/mol. The van der Waals surface area contributed by atoms with Crippen molar-refractivity contribution in [3.05, 3.63) is 0 Å². The van der Waals surface area contributed by atoms with E-state index in [9.17, 15) is 5.11 Å². The van der Waals surface area contributed by atoms with E-state index in [4.69, 9.17) is 0 Å². The fraction of sp³-hybridized carbons (Fsp3) is 1.00. The minimum Gasteiger partial charge on any atom is -0.391 e. The second kappa shape index (κ2) is 5.71. The molecule has 1 N–H and O–H groups in total. The monoisotopic (exact) mass is 266 g/mol. The molecule has 1 aliphatic carbocycles. The molecule has 0 bridgehead atoms. The molecule has 0 aromatic heterocycles. The van der Waals surface area contributed by atoms with Gasteiger partial charge < -0.3 is 10.0 Å². The lowest BCUT2D eigenvalue weighted by Crippen LogP contribution is -2.57. The highest BCUT2D eigenvalue weighted by atomic mass is 16.3. The number of piperidine rings is 2. The van der Waals surface area contributed by atoms with E-state index in [2.05, 4.69) is 23.8 Å². The number of hydrogen-bond acceptors (Lipinski definition) is 3. The number of aliphatic hydroxyl groups is 1. The minimum atomic E-state index is -0.0749. The summed E-state index contributed by atoms with van der Waals surface area (Å²) in [6.07, 6.45) is 7.40. The molecular formula is C16H30N2O. The summed E-state index contributed by atoms with van der Waals surface area (Å²) in [5, 5.41) is 10.3. The average molecular weight is 266 g/mol. The molecule has 2 aliphatic heterocycles. The van der Waals surface area contributed by atoms with E-state index in [1.165, 1.54) is 51.7 Å². The zero-order valence-electron chi connectivity index (χ0n) is 12.6. The molecule has 19 heavy (non-hydrogen) atoms. The number of rotatable bonds is 1. The van der Waals surface area contributed by atoms with E-state index in [0.29, 0.717) is 6.04 Å². The molecule has 5 unspecified atom stereocenters. The first kappa shape index (κ1) is 13.8. The van der Waals surface area contributed by atoms with Gasteiger partial charge in [0.05, 0.1) is 6.10 Å². The van der Waals surface area contributed by atoms with Crippen molar-refractivity contribution in [3.8, 4) is 0 Å². The predicted molar refractivity (Wildman–Crippen MR) is 78.1 cm³/mol. The molecule has 3 aliphatic rings. The van der Waals surface area contributed by atoms with Crippen LogP contribution in [0.15, 0.2) is 0 Å². The molecule has 0 amide bonds. The first-order valence-corrected chi connectivity index (χ1v) is 8.27. The third-order valence-corrected chi connectivity index (χ3v) is 5.89. The fourth-order valence-electron chi connectivity index (χ4n) is 4.71. The van der Waals surface area contributed by atoms with Gasteiger partial charge >= 0.3 is 0 Å². The third-order valence-electron chi connectivity index (χ3n) is 5.89. The van der Waals surface area contributed by atoms with E-state index < -0.39 is 0 Å². The average Bonchev–Trinajstić information content (AvgIpc) is 2.41. The van der Waals surface area contributed by atoms with E-state index in [1.54, 1.807) is 0 Å². The van der Waals surface area contributed by atoms with Gasteiger partial charge in [-0.05, 0) is 64.0 Å². The second-order valence-electron chi connectivity index (χ2n) is 7.29. The van der Waals surface area contributed by atoms with Crippen molar-refractivity contribution < 1.29 is 5.11 Å². The molecule has 3 rings (SSSR count). The highest BCUT2D eigenvalue weighted by Crippen LogP contribution is 2.34.